The van der Waals surface area contributed by atoms with Gasteiger partial charge in [0.2, 0.25) is 0 Å². The number of thioether (sulfide) groups is 1. The van der Waals surface area contributed by atoms with Gasteiger partial charge in [0.15, 0.2) is 11.0 Å². The molecule has 0 atom stereocenters. The zero-order chi connectivity index (χ0) is 15.4. The van der Waals surface area contributed by atoms with Gasteiger partial charge in [0, 0.05) is 15.7 Å². The number of hydrogen-bond donors (Lipinski definition) is 1. The maximum atomic E-state index is 13.2. The van der Waals surface area contributed by atoms with Crippen LogP contribution in [0.4, 0.5) is 4.39 Å². The summed E-state index contributed by atoms with van der Waals surface area (Å²) in [6.45, 7) is 2.70. The molecule has 0 bridgehead atoms. The van der Waals surface area contributed by atoms with Crippen molar-refractivity contribution in [3.63, 3.8) is 0 Å². The predicted molar refractivity (Wildman–Crippen MR) is 86.8 cm³/mol. The van der Waals surface area contributed by atoms with Crippen molar-refractivity contribution < 1.29 is 14.3 Å². The van der Waals surface area contributed by atoms with Gasteiger partial charge in [-0.2, -0.15) is 0 Å². The van der Waals surface area contributed by atoms with E-state index in [4.69, 9.17) is 5.11 Å². The smallest absolute Gasteiger partial charge is 0.313 e. The van der Waals surface area contributed by atoms with E-state index in [9.17, 15) is 9.18 Å². The molecule has 1 aromatic carbocycles. The number of rotatable bonds is 6. The highest BCUT2D eigenvalue weighted by Gasteiger charge is 2.17. The minimum absolute atomic E-state index is 0.0671. The van der Waals surface area contributed by atoms with Crippen molar-refractivity contribution >= 4 is 40.3 Å². The fourth-order valence-electron chi connectivity index (χ4n) is 1.82. The van der Waals surface area contributed by atoms with Gasteiger partial charge >= 0.3 is 5.97 Å². The number of nitrogens with zero attached hydrogens (tertiary/aromatic N) is 3. The second-order valence-corrected chi connectivity index (χ2v) is 6.37. The number of carbonyl (C=O) groups is 1. The van der Waals surface area contributed by atoms with E-state index in [1.54, 1.807) is 6.07 Å². The Hall–Kier alpha value is -1.16. The first-order valence-corrected chi connectivity index (χ1v) is 8.32. The highest BCUT2D eigenvalue weighted by Crippen LogP contribution is 2.28. The molecule has 1 heterocycles. The number of aromatic nitrogens is 3. The van der Waals surface area contributed by atoms with Crippen molar-refractivity contribution in [2.75, 3.05) is 5.75 Å². The van der Waals surface area contributed by atoms with E-state index < -0.39 is 5.97 Å². The van der Waals surface area contributed by atoms with Crippen LogP contribution in [0.3, 0.4) is 0 Å². The molecule has 0 aliphatic heterocycles. The molecule has 0 saturated carbocycles. The summed E-state index contributed by atoms with van der Waals surface area (Å²) in [6.07, 6.45) is 0.865. The second-order valence-electron chi connectivity index (χ2n) is 4.26. The van der Waals surface area contributed by atoms with E-state index in [1.807, 2.05) is 11.5 Å². The van der Waals surface area contributed by atoms with E-state index in [2.05, 4.69) is 32.8 Å². The monoisotopic (exact) mass is 421 g/mol. The highest BCUT2D eigenvalue weighted by molar-refractivity contribution is 14.1. The van der Waals surface area contributed by atoms with Gasteiger partial charge in [-0.25, -0.2) is 4.39 Å². The molecule has 0 fully saturated rings. The first-order valence-electron chi connectivity index (χ1n) is 6.26. The molecule has 0 aliphatic rings. The van der Waals surface area contributed by atoms with Crippen LogP contribution in [0.5, 0.6) is 0 Å². The average molecular weight is 421 g/mol. The highest BCUT2D eigenvalue weighted by atomic mass is 127. The Morgan fingerprint density at radius 1 is 1.48 bits per heavy atom. The zero-order valence-electron chi connectivity index (χ0n) is 11.2. The molecule has 21 heavy (non-hydrogen) atoms. The number of benzene rings is 1. The van der Waals surface area contributed by atoms with Crippen LogP contribution in [0.25, 0.3) is 11.4 Å². The van der Waals surface area contributed by atoms with Crippen molar-refractivity contribution in [1.29, 1.82) is 0 Å². The lowest BCUT2D eigenvalue weighted by Gasteiger charge is -2.09. The Bertz CT molecular complexity index is 663. The van der Waals surface area contributed by atoms with E-state index >= 15 is 0 Å². The summed E-state index contributed by atoms with van der Waals surface area (Å²) < 4.78 is 15.8. The van der Waals surface area contributed by atoms with Crippen LogP contribution in [0, 0.1) is 9.39 Å². The van der Waals surface area contributed by atoms with Gasteiger partial charge in [-0.1, -0.05) is 18.7 Å². The molecule has 0 saturated heterocycles. The van der Waals surface area contributed by atoms with E-state index in [-0.39, 0.29) is 11.6 Å². The second kappa shape index (κ2) is 7.21. The van der Waals surface area contributed by atoms with Crippen molar-refractivity contribution in [2.24, 2.45) is 0 Å². The van der Waals surface area contributed by atoms with Crippen molar-refractivity contribution in [1.82, 2.24) is 14.8 Å². The fraction of sp³-hybridized carbons (Fsp3) is 0.308. The molecule has 0 aliphatic carbocycles. The lowest BCUT2D eigenvalue weighted by molar-refractivity contribution is -0.133. The third-order valence-corrected chi connectivity index (χ3v) is 4.50. The van der Waals surface area contributed by atoms with Crippen molar-refractivity contribution in [3.8, 4) is 11.4 Å². The van der Waals surface area contributed by atoms with Gasteiger partial charge < -0.3 is 9.67 Å². The Morgan fingerprint density at radius 3 is 2.86 bits per heavy atom. The minimum Gasteiger partial charge on any atom is -0.481 e. The lowest BCUT2D eigenvalue weighted by Crippen LogP contribution is -2.05. The largest absolute Gasteiger partial charge is 0.481 e. The summed E-state index contributed by atoms with van der Waals surface area (Å²) in [5, 5.41) is 17.5. The maximum absolute atomic E-state index is 13.2. The summed E-state index contributed by atoms with van der Waals surface area (Å²) in [4.78, 5) is 10.7. The standard InChI is InChI=1S/C13H13FIN3O2S/c1-2-5-18-12(9-4-3-8(14)6-10(9)15)16-17-13(18)21-7-11(19)20/h3-4,6H,2,5,7H2,1H3,(H,19,20). The lowest BCUT2D eigenvalue weighted by atomic mass is 10.2. The molecule has 0 spiro atoms. The van der Waals surface area contributed by atoms with Gasteiger partial charge in [0.05, 0.1) is 5.75 Å². The van der Waals surface area contributed by atoms with Gasteiger partial charge in [0.25, 0.3) is 0 Å². The van der Waals surface area contributed by atoms with Crippen LogP contribution in [0.15, 0.2) is 23.4 Å². The number of halogens is 2. The molecule has 0 radical (unpaired) electrons. The van der Waals surface area contributed by atoms with Crippen molar-refractivity contribution in [3.05, 3.63) is 27.6 Å². The van der Waals surface area contributed by atoms with Gasteiger partial charge in [0.1, 0.15) is 5.82 Å². The molecule has 112 valence electrons. The van der Waals surface area contributed by atoms with Crippen LogP contribution in [-0.2, 0) is 11.3 Å². The molecule has 2 rings (SSSR count). The summed E-state index contributed by atoms with van der Waals surface area (Å²) >= 11 is 3.19. The van der Waals surface area contributed by atoms with E-state index in [0.29, 0.717) is 17.5 Å². The van der Waals surface area contributed by atoms with Gasteiger partial charge in [-0.3, -0.25) is 4.79 Å². The number of carboxylic acids is 1. The summed E-state index contributed by atoms with van der Waals surface area (Å²) in [5.74, 6) is -0.634. The number of aliphatic carboxylic acids is 1. The van der Waals surface area contributed by atoms with Crippen LogP contribution in [0.1, 0.15) is 13.3 Å². The first kappa shape index (κ1) is 16.2. The molecule has 8 heteroatoms. The van der Waals surface area contributed by atoms with Gasteiger partial charge in [-0.05, 0) is 47.2 Å². The average Bonchev–Trinajstić information content (AvgIpc) is 2.80. The molecule has 1 N–H and O–H groups in total. The van der Waals surface area contributed by atoms with Crippen molar-refractivity contribution in [2.45, 2.75) is 25.0 Å². The quantitative estimate of drug-likeness (QED) is 0.573. The third-order valence-electron chi connectivity index (χ3n) is 2.66. The van der Waals surface area contributed by atoms with Crippen LogP contribution < -0.4 is 0 Å². The topological polar surface area (TPSA) is 68.0 Å². The summed E-state index contributed by atoms with van der Waals surface area (Å²) in [7, 11) is 0. The van der Waals surface area contributed by atoms with E-state index in [0.717, 1.165) is 27.3 Å². The molecule has 2 aromatic rings. The zero-order valence-corrected chi connectivity index (χ0v) is 14.2. The Labute approximate surface area is 139 Å². The Balaban J connectivity index is 2.41. The number of hydrogen-bond acceptors (Lipinski definition) is 4. The molecule has 0 amide bonds. The molecule has 0 unspecified atom stereocenters. The Kier molecular flexibility index (Phi) is 5.57. The maximum Gasteiger partial charge on any atom is 0.313 e. The third kappa shape index (κ3) is 3.94. The molecule has 1 aromatic heterocycles. The Morgan fingerprint density at radius 2 is 2.24 bits per heavy atom. The summed E-state index contributed by atoms with van der Waals surface area (Å²) in [5.41, 5.74) is 0.792. The predicted octanol–water partition coefficient (Wildman–Crippen LogP) is 3.28. The first-order chi connectivity index (χ1) is 10.0. The normalized spacial score (nSPS) is 10.8. The fourth-order valence-corrected chi connectivity index (χ4v) is 3.22. The summed E-state index contributed by atoms with van der Waals surface area (Å²) in [6, 6.07) is 4.48. The molecule has 5 nitrogen and oxygen atoms in total. The SMILES string of the molecule is CCCn1c(SCC(=O)O)nnc1-c1ccc(F)cc1I. The van der Waals surface area contributed by atoms with Crippen LogP contribution in [0.2, 0.25) is 0 Å². The van der Waals surface area contributed by atoms with Crippen LogP contribution in [-0.4, -0.2) is 31.6 Å². The van der Waals surface area contributed by atoms with E-state index in [1.165, 1.54) is 12.1 Å². The molecular formula is C13H13FIN3O2S. The number of carboxylic acid groups (broad SMARTS) is 1. The molecular weight excluding hydrogens is 408 g/mol. The minimum atomic E-state index is -0.899. The van der Waals surface area contributed by atoms with Gasteiger partial charge in [-0.15, -0.1) is 10.2 Å². The van der Waals surface area contributed by atoms with Crippen LogP contribution >= 0.6 is 34.4 Å².